The number of rotatable bonds is 6. The fraction of sp³-hybridized carbons (Fsp3) is 0.500. The Bertz CT molecular complexity index is 500. The predicted octanol–water partition coefficient (Wildman–Crippen LogP) is 1.40. The maximum atomic E-state index is 12.1. The number of nitrogens with zero attached hydrogens (tertiary/aromatic N) is 2. The van der Waals surface area contributed by atoms with Gasteiger partial charge in [-0.1, -0.05) is 0 Å². The number of carbonyl (C=O) groups is 2. The standard InChI is InChI=1S/C14H19N3O3/c1-10-6-15-5-4-12(10)7-16-14(20)17(9-13(18)19)8-11-2-3-11/h4-6,11H,2-3,7-9H2,1H3,(H,16,20)(H,18,19). The van der Waals surface area contributed by atoms with Gasteiger partial charge in [0.25, 0.3) is 0 Å². The normalized spacial score (nSPS) is 13.8. The number of amides is 2. The van der Waals surface area contributed by atoms with Crippen molar-refractivity contribution in [3.8, 4) is 0 Å². The zero-order chi connectivity index (χ0) is 14.5. The van der Waals surface area contributed by atoms with Gasteiger partial charge in [0.2, 0.25) is 0 Å². The minimum Gasteiger partial charge on any atom is -0.480 e. The van der Waals surface area contributed by atoms with Crippen LogP contribution in [0.5, 0.6) is 0 Å². The van der Waals surface area contributed by atoms with Gasteiger partial charge in [0.1, 0.15) is 6.54 Å². The zero-order valence-electron chi connectivity index (χ0n) is 11.5. The summed E-state index contributed by atoms with van der Waals surface area (Å²) < 4.78 is 0. The van der Waals surface area contributed by atoms with Crippen molar-refractivity contribution in [1.29, 1.82) is 0 Å². The van der Waals surface area contributed by atoms with E-state index in [-0.39, 0.29) is 12.6 Å². The summed E-state index contributed by atoms with van der Waals surface area (Å²) in [6, 6.07) is 1.52. The van der Waals surface area contributed by atoms with Crippen molar-refractivity contribution in [2.45, 2.75) is 26.3 Å². The summed E-state index contributed by atoms with van der Waals surface area (Å²) in [6.07, 6.45) is 5.56. The lowest BCUT2D eigenvalue weighted by Crippen LogP contribution is -2.43. The Hall–Kier alpha value is -2.11. The Morgan fingerprint density at radius 1 is 1.50 bits per heavy atom. The summed E-state index contributed by atoms with van der Waals surface area (Å²) in [5, 5.41) is 11.6. The van der Waals surface area contributed by atoms with E-state index in [1.165, 1.54) is 4.90 Å². The van der Waals surface area contributed by atoms with Crippen LogP contribution in [0, 0.1) is 12.8 Å². The minimum atomic E-state index is -0.985. The van der Waals surface area contributed by atoms with Gasteiger partial charge in [-0.2, -0.15) is 0 Å². The van der Waals surface area contributed by atoms with Crippen LogP contribution in [-0.2, 0) is 11.3 Å². The number of pyridine rings is 1. The molecule has 0 spiro atoms. The van der Waals surface area contributed by atoms with Gasteiger partial charge in [0.05, 0.1) is 0 Å². The highest BCUT2D eigenvalue weighted by Crippen LogP contribution is 2.29. The van der Waals surface area contributed by atoms with Gasteiger partial charge in [0, 0.05) is 25.5 Å². The van der Waals surface area contributed by atoms with E-state index in [4.69, 9.17) is 5.11 Å². The third kappa shape index (κ3) is 4.22. The first kappa shape index (κ1) is 14.3. The molecule has 0 aliphatic heterocycles. The number of carboxylic acid groups (broad SMARTS) is 1. The second kappa shape index (κ2) is 6.36. The lowest BCUT2D eigenvalue weighted by molar-refractivity contribution is -0.137. The highest BCUT2D eigenvalue weighted by atomic mass is 16.4. The Morgan fingerprint density at radius 2 is 2.25 bits per heavy atom. The number of urea groups is 1. The molecule has 1 aliphatic rings. The first-order valence-electron chi connectivity index (χ1n) is 6.70. The SMILES string of the molecule is Cc1cnccc1CNC(=O)N(CC(=O)O)CC1CC1. The summed E-state index contributed by atoms with van der Waals surface area (Å²) in [5.74, 6) is -0.524. The van der Waals surface area contributed by atoms with Crippen molar-refractivity contribution in [2.24, 2.45) is 5.92 Å². The van der Waals surface area contributed by atoms with E-state index >= 15 is 0 Å². The molecule has 6 heteroatoms. The lowest BCUT2D eigenvalue weighted by Gasteiger charge is -2.21. The molecule has 6 nitrogen and oxygen atoms in total. The van der Waals surface area contributed by atoms with E-state index in [2.05, 4.69) is 10.3 Å². The van der Waals surface area contributed by atoms with E-state index in [0.717, 1.165) is 24.0 Å². The highest BCUT2D eigenvalue weighted by Gasteiger charge is 2.27. The minimum absolute atomic E-state index is 0.252. The molecule has 2 N–H and O–H groups in total. The van der Waals surface area contributed by atoms with Crippen LogP contribution in [-0.4, -0.2) is 40.1 Å². The van der Waals surface area contributed by atoms with E-state index < -0.39 is 5.97 Å². The van der Waals surface area contributed by atoms with Crippen LogP contribution in [0.1, 0.15) is 24.0 Å². The Morgan fingerprint density at radius 3 is 2.85 bits per heavy atom. The average Bonchev–Trinajstić information content (AvgIpc) is 3.20. The molecule has 0 radical (unpaired) electrons. The quantitative estimate of drug-likeness (QED) is 0.823. The number of hydrogen-bond donors (Lipinski definition) is 2. The van der Waals surface area contributed by atoms with Crippen LogP contribution in [0.2, 0.25) is 0 Å². The van der Waals surface area contributed by atoms with Crippen molar-refractivity contribution >= 4 is 12.0 Å². The van der Waals surface area contributed by atoms with E-state index in [1.807, 2.05) is 13.0 Å². The molecular weight excluding hydrogens is 258 g/mol. The molecule has 108 valence electrons. The number of aryl methyl sites for hydroxylation is 1. The van der Waals surface area contributed by atoms with Crippen molar-refractivity contribution in [3.63, 3.8) is 0 Å². The first-order valence-corrected chi connectivity index (χ1v) is 6.70. The second-order valence-electron chi connectivity index (χ2n) is 5.18. The number of carbonyl (C=O) groups excluding carboxylic acids is 1. The monoisotopic (exact) mass is 277 g/mol. The van der Waals surface area contributed by atoms with Gasteiger partial charge < -0.3 is 15.3 Å². The van der Waals surface area contributed by atoms with Gasteiger partial charge >= 0.3 is 12.0 Å². The van der Waals surface area contributed by atoms with Gasteiger partial charge in [0.15, 0.2) is 0 Å². The zero-order valence-corrected chi connectivity index (χ0v) is 11.5. The molecule has 1 saturated carbocycles. The van der Waals surface area contributed by atoms with Crippen molar-refractivity contribution in [2.75, 3.05) is 13.1 Å². The topological polar surface area (TPSA) is 82.5 Å². The largest absolute Gasteiger partial charge is 0.480 e. The third-order valence-corrected chi connectivity index (χ3v) is 3.36. The Labute approximate surface area is 117 Å². The molecule has 0 aromatic carbocycles. The maximum absolute atomic E-state index is 12.1. The maximum Gasteiger partial charge on any atom is 0.323 e. The van der Waals surface area contributed by atoms with Gasteiger partial charge in [-0.15, -0.1) is 0 Å². The van der Waals surface area contributed by atoms with Gasteiger partial charge in [-0.25, -0.2) is 4.79 Å². The number of aliphatic carboxylic acids is 1. The molecular formula is C14H19N3O3. The number of aromatic nitrogens is 1. The summed E-state index contributed by atoms with van der Waals surface area (Å²) in [5.41, 5.74) is 1.98. The van der Waals surface area contributed by atoms with E-state index in [0.29, 0.717) is 19.0 Å². The molecule has 0 saturated heterocycles. The summed E-state index contributed by atoms with van der Waals surface area (Å²) in [4.78, 5) is 28.2. The second-order valence-corrected chi connectivity index (χ2v) is 5.18. The van der Waals surface area contributed by atoms with Crippen molar-refractivity contribution in [1.82, 2.24) is 15.2 Å². The molecule has 20 heavy (non-hydrogen) atoms. The first-order chi connectivity index (χ1) is 9.56. The van der Waals surface area contributed by atoms with Crippen LogP contribution in [0.4, 0.5) is 4.79 Å². The van der Waals surface area contributed by atoms with E-state index in [9.17, 15) is 9.59 Å². The molecule has 1 aromatic heterocycles. The Kier molecular flexibility index (Phi) is 4.55. The molecule has 2 rings (SSSR count). The van der Waals surface area contributed by atoms with Gasteiger partial charge in [-0.3, -0.25) is 9.78 Å². The number of carboxylic acids is 1. The van der Waals surface area contributed by atoms with Crippen molar-refractivity contribution in [3.05, 3.63) is 29.6 Å². The average molecular weight is 277 g/mol. The molecule has 2 amide bonds. The Balaban J connectivity index is 1.90. The molecule has 1 fully saturated rings. The summed E-state index contributed by atoms with van der Waals surface area (Å²) in [7, 11) is 0. The van der Waals surface area contributed by atoms with Crippen LogP contribution in [0.25, 0.3) is 0 Å². The predicted molar refractivity (Wildman–Crippen MR) is 73.1 cm³/mol. The fourth-order valence-corrected chi connectivity index (χ4v) is 1.98. The van der Waals surface area contributed by atoms with Crippen LogP contribution in [0.3, 0.4) is 0 Å². The van der Waals surface area contributed by atoms with Crippen LogP contribution < -0.4 is 5.32 Å². The van der Waals surface area contributed by atoms with Crippen LogP contribution in [0.15, 0.2) is 18.5 Å². The van der Waals surface area contributed by atoms with Gasteiger partial charge in [-0.05, 0) is 42.9 Å². The number of nitrogens with one attached hydrogen (secondary N) is 1. The molecule has 1 heterocycles. The fourth-order valence-electron chi connectivity index (χ4n) is 1.98. The summed E-state index contributed by atoms with van der Waals surface area (Å²) in [6.45, 7) is 2.58. The molecule has 1 aromatic rings. The van der Waals surface area contributed by atoms with E-state index in [1.54, 1.807) is 12.4 Å². The van der Waals surface area contributed by atoms with Crippen molar-refractivity contribution < 1.29 is 14.7 Å². The van der Waals surface area contributed by atoms with Crippen LogP contribution >= 0.6 is 0 Å². The molecule has 0 atom stereocenters. The highest BCUT2D eigenvalue weighted by molar-refractivity contribution is 5.80. The molecule has 0 bridgehead atoms. The lowest BCUT2D eigenvalue weighted by atomic mass is 10.1. The molecule has 1 aliphatic carbocycles. The molecule has 0 unspecified atom stereocenters. The third-order valence-electron chi connectivity index (χ3n) is 3.36. The number of hydrogen-bond acceptors (Lipinski definition) is 3. The smallest absolute Gasteiger partial charge is 0.323 e. The summed E-state index contributed by atoms with van der Waals surface area (Å²) >= 11 is 0.